The Balaban J connectivity index is 1.86. The maximum Gasteiger partial charge on any atom is 0.118 e. The van der Waals surface area contributed by atoms with E-state index in [0.29, 0.717) is 0 Å². The minimum Gasteiger partial charge on any atom is -0.497 e. The Bertz CT molecular complexity index is 803. The zero-order valence-electron chi connectivity index (χ0n) is 16.3. The smallest absolute Gasteiger partial charge is 0.118 e. The predicted molar refractivity (Wildman–Crippen MR) is 105 cm³/mol. The molecule has 0 radical (unpaired) electrons. The second-order valence-electron chi connectivity index (χ2n) is 8.54. The van der Waals surface area contributed by atoms with E-state index < -0.39 is 0 Å². The average molecular weight is 335 g/mol. The summed E-state index contributed by atoms with van der Waals surface area (Å²) in [5, 5.41) is 0. The van der Waals surface area contributed by atoms with Crippen molar-refractivity contribution < 1.29 is 4.74 Å². The first-order chi connectivity index (χ1) is 12.0. The van der Waals surface area contributed by atoms with Gasteiger partial charge in [0.2, 0.25) is 0 Å². The first-order valence-electron chi connectivity index (χ1n) is 9.62. The lowest BCUT2D eigenvalue weighted by Gasteiger charge is -2.44. The Morgan fingerprint density at radius 1 is 0.840 bits per heavy atom. The summed E-state index contributed by atoms with van der Waals surface area (Å²) < 4.78 is 5.41. The standard InChI is InChI=1S/C24H30O/c1-15-10-19-13-21-11-16(2)18(4)14-24(21,23(19)12-17(15)3)20-6-8-22(25-5)9-7-20/h6-9,21H,10-14H2,1-5H3. The van der Waals surface area contributed by atoms with E-state index >= 15 is 0 Å². The van der Waals surface area contributed by atoms with Gasteiger partial charge in [-0.15, -0.1) is 0 Å². The molecule has 0 heterocycles. The van der Waals surface area contributed by atoms with Crippen molar-refractivity contribution in [1.29, 1.82) is 0 Å². The predicted octanol–water partition coefficient (Wildman–Crippen LogP) is 6.51. The second kappa shape index (κ2) is 5.90. The fourth-order valence-corrected chi connectivity index (χ4v) is 5.52. The van der Waals surface area contributed by atoms with Gasteiger partial charge in [0, 0.05) is 5.41 Å². The molecule has 25 heavy (non-hydrogen) atoms. The monoisotopic (exact) mass is 334 g/mol. The third kappa shape index (κ3) is 2.43. The van der Waals surface area contributed by atoms with E-state index in [1.807, 2.05) is 0 Å². The van der Waals surface area contributed by atoms with Crippen LogP contribution < -0.4 is 4.74 Å². The van der Waals surface area contributed by atoms with E-state index in [0.717, 1.165) is 11.7 Å². The number of rotatable bonds is 2. The summed E-state index contributed by atoms with van der Waals surface area (Å²) in [6.07, 6.45) is 6.12. The third-order valence-electron chi connectivity index (χ3n) is 7.23. The average Bonchev–Trinajstić information content (AvgIpc) is 2.89. The van der Waals surface area contributed by atoms with Crippen molar-refractivity contribution in [3.8, 4) is 5.75 Å². The van der Waals surface area contributed by atoms with E-state index in [2.05, 4.69) is 52.0 Å². The molecule has 0 saturated heterocycles. The number of methoxy groups -OCH3 is 1. The van der Waals surface area contributed by atoms with Crippen molar-refractivity contribution in [2.45, 2.75) is 65.2 Å². The number of hydrogen-bond donors (Lipinski definition) is 0. The van der Waals surface area contributed by atoms with Gasteiger partial charge in [0.1, 0.15) is 5.75 Å². The van der Waals surface area contributed by atoms with Gasteiger partial charge >= 0.3 is 0 Å². The minimum absolute atomic E-state index is 0.215. The molecule has 0 fully saturated rings. The van der Waals surface area contributed by atoms with Gasteiger partial charge in [-0.3, -0.25) is 0 Å². The zero-order valence-corrected chi connectivity index (χ0v) is 16.3. The largest absolute Gasteiger partial charge is 0.497 e. The molecule has 4 rings (SSSR count). The zero-order chi connectivity index (χ0) is 17.8. The van der Waals surface area contributed by atoms with Gasteiger partial charge in [-0.1, -0.05) is 45.6 Å². The van der Waals surface area contributed by atoms with E-state index in [9.17, 15) is 0 Å². The van der Waals surface area contributed by atoms with Crippen LogP contribution in [0.3, 0.4) is 0 Å². The van der Waals surface area contributed by atoms with Crippen molar-refractivity contribution in [3.05, 3.63) is 63.3 Å². The second-order valence-corrected chi connectivity index (χ2v) is 8.54. The van der Waals surface area contributed by atoms with E-state index in [1.54, 1.807) is 40.5 Å². The lowest BCUT2D eigenvalue weighted by atomic mass is 9.59. The molecule has 2 atom stereocenters. The van der Waals surface area contributed by atoms with E-state index in [-0.39, 0.29) is 5.41 Å². The molecule has 0 saturated carbocycles. The molecule has 2 unspecified atom stereocenters. The molecule has 0 amide bonds. The van der Waals surface area contributed by atoms with Crippen LogP contribution in [-0.4, -0.2) is 7.11 Å². The Hall–Kier alpha value is -1.76. The van der Waals surface area contributed by atoms with Crippen LogP contribution in [0.4, 0.5) is 0 Å². The van der Waals surface area contributed by atoms with Crippen molar-refractivity contribution in [2.24, 2.45) is 5.92 Å². The summed E-state index contributed by atoms with van der Waals surface area (Å²) in [4.78, 5) is 0. The summed E-state index contributed by atoms with van der Waals surface area (Å²) >= 11 is 0. The molecule has 0 aliphatic heterocycles. The summed E-state index contributed by atoms with van der Waals surface area (Å²) in [7, 11) is 1.75. The Morgan fingerprint density at radius 2 is 1.52 bits per heavy atom. The van der Waals surface area contributed by atoms with Gasteiger partial charge in [-0.2, -0.15) is 0 Å². The lowest BCUT2D eigenvalue weighted by molar-refractivity contribution is 0.310. The highest BCUT2D eigenvalue weighted by atomic mass is 16.5. The molecule has 1 aromatic carbocycles. The molecule has 1 heteroatoms. The van der Waals surface area contributed by atoms with Gasteiger partial charge in [-0.25, -0.2) is 0 Å². The van der Waals surface area contributed by atoms with Crippen LogP contribution >= 0.6 is 0 Å². The van der Waals surface area contributed by atoms with Crippen molar-refractivity contribution in [1.82, 2.24) is 0 Å². The van der Waals surface area contributed by atoms with E-state index in [4.69, 9.17) is 4.74 Å². The normalized spacial score (nSPS) is 29.1. The highest BCUT2D eigenvalue weighted by molar-refractivity contribution is 5.53. The first kappa shape index (κ1) is 16.7. The van der Waals surface area contributed by atoms with Crippen LogP contribution in [0.25, 0.3) is 0 Å². The Labute approximate surface area is 152 Å². The van der Waals surface area contributed by atoms with Crippen LogP contribution in [0.5, 0.6) is 5.75 Å². The van der Waals surface area contributed by atoms with Crippen molar-refractivity contribution >= 4 is 0 Å². The fraction of sp³-hybridized carbons (Fsp3) is 0.500. The van der Waals surface area contributed by atoms with Gasteiger partial charge in [0.25, 0.3) is 0 Å². The number of benzene rings is 1. The van der Waals surface area contributed by atoms with Crippen molar-refractivity contribution in [3.63, 3.8) is 0 Å². The molecule has 3 aliphatic rings. The maximum absolute atomic E-state index is 5.41. The van der Waals surface area contributed by atoms with Gasteiger partial charge in [0.15, 0.2) is 0 Å². The highest BCUT2D eigenvalue weighted by Crippen LogP contribution is 2.61. The van der Waals surface area contributed by atoms with Crippen LogP contribution in [0.1, 0.15) is 65.4 Å². The number of ether oxygens (including phenoxy) is 1. The molecule has 0 aromatic heterocycles. The maximum atomic E-state index is 5.41. The van der Waals surface area contributed by atoms with Gasteiger partial charge in [-0.05, 0) is 83.4 Å². The lowest BCUT2D eigenvalue weighted by Crippen LogP contribution is -2.37. The first-order valence-corrected chi connectivity index (χ1v) is 9.62. The minimum atomic E-state index is 0.215. The summed E-state index contributed by atoms with van der Waals surface area (Å²) in [5.74, 6) is 1.69. The van der Waals surface area contributed by atoms with Crippen LogP contribution in [0.15, 0.2) is 57.7 Å². The highest BCUT2D eigenvalue weighted by Gasteiger charge is 2.51. The summed E-state index contributed by atoms with van der Waals surface area (Å²) in [6, 6.07) is 8.96. The quantitative estimate of drug-likeness (QED) is 0.560. The molecular weight excluding hydrogens is 304 g/mol. The van der Waals surface area contributed by atoms with Gasteiger partial charge in [0.05, 0.1) is 7.11 Å². The molecule has 0 N–H and O–H groups in total. The molecule has 132 valence electrons. The molecule has 1 nitrogen and oxygen atoms in total. The SMILES string of the molecule is COc1ccc(C23CC(C)=C(C)CC2CC2=C3CC(C)=C(C)C2)cc1. The molecule has 1 aromatic rings. The number of allylic oxidation sites excluding steroid dienone is 6. The Kier molecular flexibility index (Phi) is 3.94. The topological polar surface area (TPSA) is 9.23 Å². The number of fused-ring (bicyclic) bond motifs is 2. The van der Waals surface area contributed by atoms with Crippen LogP contribution in [0.2, 0.25) is 0 Å². The van der Waals surface area contributed by atoms with Gasteiger partial charge < -0.3 is 4.74 Å². The summed E-state index contributed by atoms with van der Waals surface area (Å²) in [6.45, 7) is 9.37. The van der Waals surface area contributed by atoms with Crippen LogP contribution in [0, 0.1) is 5.92 Å². The fourth-order valence-electron chi connectivity index (χ4n) is 5.52. The molecule has 0 spiro atoms. The number of hydrogen-bond acceptors (Lipinski definition) is 1. The third-order valence-corrected chi connectivity index (χ3v) is 7.23. The molecule has 0 bridgehead atoms. The van der Waals surface area contributed by atoms with Crippen LogP contribution in [-0.2, 0) is 5.41 Å². The molecular formula is C24H30O. The molecule has 3 aliphatic carbocycles. The Morgan fingerprint density at radius 3 is 2.20 bits per heavy atom. The van der Waals surface area contributed by atoms with Crippen molar-refractivity contribution in [2.75, 3.05) is 7.11 Å². The van der Waals surface area contributed by atoms with E-state index in [1.165, 1.54) is 37.7 Å². The summed E-state index contributed by atoms with van der Waals surface area (Å²) in [5.41, 5.74) is 11.6.